The van der Waals surface area contributed by atoms with Gasteiger partial charge in [-0.1, -0.05) is 19.3 Å². The molecule has 1 saturated carbocycles. The molecule has 0 aromatic heterocycles. The van der Waals surface area contributed by atoms with Gasteiger partial charge in [0.2, 0.25) is 0 Å². The number of aliphatic hydroxyl groups excluding tert-OH is 1. The lowest BCUT2D eigenvalue weighted by atomic mass is 9.88. The Labute approximate surface area is 121 Å². The first-order chi connectivity index (χ1) is 9.54. The van der Waals surface area contributed by atoms with Crippen LogP contribution in [0, 0.1) is 5.92 Å². The van der Waals surface area contributed by atoms with Crippen LogP contribution in [0.25, 0.3) is 0 Å². The molecule has 1 aliphatic carbocycles. The molecule has 3 N–H and O–H groups in total. The number of hydrogen-bond acceptors (Lipinski definition) is 4. The Kier molecular flexibility index (Phi) is 5.81. The molecule has 1 saturated heterocycles. The van der Waals surface area contributed by atoms with E-state index < -0.39 is 5.97 Å². The summed E-state index contributed by atoms with van der Waals surface area (Å²) < 4.78 is 0. The zero-order valence-electron chi connectivity index (χ0n) is 12.4. The topological polar surface area (TPSA) is 72.8 Å². The third-order valence-corrected chi connectivity index (χ3v) is 4.68. The van der Waals surface area contributed by atoms with E-state index in [4.69, 9.17) is 5.11 Å². The van der Waals surface area contributed by atoms with E-state index in [1.165, 1.54) is 32.1 Å². The summed E-state index contributed by atoms with van der Waals surface area (Å²) in [5, 5.41) is 22.5. The standard InChI is InChI=1S/C15H28N2O3/c1-11(18)12-7-14(9-17(8-12)10-15(19)20)16-13-5-3-2-4-6-13/h11-14,16,18H,2-10H2,1H3,(H,19,20). The summed E-state index contributed by atoms with van der Waals surface area (Å²) in [5.41, 5.74) is 0. The lowest BCUT2D eigenvalue weighted by Crippen LogP contribution is -2.54. The van der Waals surface area contributed by atoms with Crippen molar-refractivity contribution in [1.82, 2.24) is 10.2 Å². The maximum atomic E-state index is 10.9. The van der Waals surface area contributed by atoms with Gasteiger partial charge in [-0.25, -0.2) is 0 Å². The van der Waals surface area contributed by atoms with Gasteiger partial charge in [0.15, 0.2) is 0 Å². The van der Waals surface area contributed by atoms with Gasteiger partial charge in [0.05, 0.1) is 12.6 Å². The van der Waals surface area contributed by atoms with Gasteiger partial charge < -0.3 is 15.5 Å². The summed E-state index contributed by atoms with van der Waals surface area (Å²) in [7, 11) is 0. The maximum absolute atomic E-state index is 10.9. The van der Waals surface area contributed by atoms with Crippen LogP contribution in [0.3, 0.4) is 0 Å². The first-order valence-electron chi connectivity index (χ1n) is 7.93. The van der Waals surface area contributed by atoms with E-state index in [0.717, 1.165) is 13.0 Å². The zero-order chi connectivity index (χ0) is 14.5. The van der Waals surface area contributed by atoms with Crippen LogP contribution in [0.15, 0.2) is 0 Å². The highest BCUT2D eigenvalue weighted by Crippen LogP contribution is 2.23. The third-order valence-electron chi connectivity index (χ3n) is 4.68. The molecule has 3 unspecified atom stereocenters. The van der Waals surface area contributed by atoms with Crippen molar-refractivity contribution in [2.24, 2.45) is 5.92 Å². The number of likely N-dealkylation sites (tertiary alicyclic amines) is 1. The van der Waals surface area contributed by atoms with Crippen LogP contribution in [0.1, 0.15) is 45.4 Å². The van der Waals surface area contributed by atoms with Gasteiger partial charge in [-0.15, -0.1) is 0 Å². The number of carboxylic acids is 1. The molecule has 20 heavy (non-hydrogen) atoms. The fraction of sp³-hybridized carbons (Fsp3) is 0.933. The Balaban J connectivity index is 1.90. The van der Waals surface area contributed by atoms with Crippen molar-refractivity contribution in [3.8, 4) is 0 Å². The highest BCUT2D eigenvalue weighted by molar-refractivity contribution is 5.69. The Morgan fingerprint density at radius 1 is 1.25 bits per heavy atom. The number of piperidine rings is 1. The molecule has 2 fully saturated rings. The van der Waals surface area contributed by atoms with Crippen LogP contribution in [-0.2, 0) is 4.79 Å². The summed E-state index contributed by atoms with van der Waals surface area (Å²) in [6.07, 6.45) is 6.96. The number of aliphatic carboxylic acids is 1. The van der Waals surface area contributed by atoms with E-state index in [0.29, 0.717) is 18.6 Å². The molecule has 1 aliphatic heterocycles. The van der Waals surface area contributed by atoms with Crippen LogP contribution in [-0.4, -0.2) is 58.9 Å². The summed E-state index contributed by atoms with van der Waals surface area (Å²) in [5.74, 6) is -0.614. The van der Waals surface area contributed by atoms with E-state index >= 15 is 0 Å². The maximum Gasteiger partial charge on any atom is 0.317 e. The molecule has 0 radical (unpaired) electrons. The Morgan fingerprint density at radius 3 is 2.55 bits per heavy atom. The second-order valence-corrected chi connectivity index (χ2v) is 6.52. The molecule has 0 aromatic rings. The first-order valence-corrected chi connectivity index (χ1v) is 7.93. The molecule has 0 spiro atoms. The predicted octanol–water partition coefficient (Wildman–Crippen LogP) is 1.06. The van der Waals surface area contributed by atoms with Crippen LogP contribution in [0.5, 0.6) is 0 Å². The number of hydrogen-bond donors (Lipinski definition) is 3. The second-order valence-electron chi connectivity index (χ2n) is 6.52. The molecular weight excluding hydrogens is 256 g/mol. The minimum atomic E-state index is -0.785. The molecule has 0 amide bonds. The largest absolute Gasteiger partial charge is 0.480 e. The molecule has 2 aliphatic rings. The van der Waals surface area contributed by atoms with Crippen molar-refractivity contribution >= 4 is 5.97 Å². The summed E-state index contributed by atoms with van der Waals surface area (Å²) >= 11 is 0. The predicted molar refractivity (Wildman–Crippen MR) is 77.7 cm³/mol. The van der Waals surface area contributed by atoms with E-state index in [1.54, 1.807) is 0 Å². The number of nitrogens with one attached hydrogen (secondary N) is 1. The van der Waals surface area contributed by atoms with E-state index in [2.05, 4.69) is 5.32 Å². The van der Waals surface area contributed by atoms with E-state index in [1.807, 2.05) is 11.8 Å². The third kappa shape index (κ3) is 4.72. The van der Waals surface area contributed by atoms with Crippen molar-refractivity contribution < 1.29 is 15.0 Å². The lowest BCUT2D eigenvalue weighted by molar-refractivity contribution is -0.139. The number of nitrogens with zero attached hydrogens (tertiary/aromatic N) is 1. The summed E-state index contributed by atoms with van der Waals surface area (Å²) in [6.45, 7) is 3.36. The molecule has 1 heterocycles. The molecule has 116 valence electrons. The summed E-state index contributed by atoms with van der Waals surface area (Å²) in [4.78, 5) is 12.9. The summed E-state index contributed by atoms with van der Waals surface area (Å²) in [6, 6.07) is 0.888. The van der Waals surface area contributed by atoms with Crippen LogP contribution in [0.4, 0.5) is 0 Å². The molecule has 5 nitrogen and oxygen atoms in total. The van der Waals surface area contributed by atoms with E-state index in [-0.39, 0.29) is 18.6 Å². The SMILES string of the molecule is CC(O)C1CC(NC2CCCCC2)CN(CC(=O)O)C1. The van der Waals surface area contributed by atoms with E-state index in [9.17, 15) is 9.90 Å². The van der Waals surface area contributed by atoms with Crippen molar-refractivity contribution in [2.45, 2.75) is 63.6 Å². The van der Waals surface area contributed by atoms with Gasteiger partial charge in [0, 0.05) is 25.2 Å². The fourth-order valence-corrected chi connectivity index (χ4v) is 3.63. The van der Waals surface area contributed by atoms with Gasteiger partial charge in [0.25, 0.3) is 0 Å². The zero-order valence-corrected chi connectivity index (χ0v) is 12.4. The monoisotopic (exact) mass is 284 g/mol. The quantitative estimate of drug-likeness (QED) is 0.704. The van der Waals surface area contributed by atoms with Crippen LogP contribution >= 0.6 is 0 Å². The highest BCUT2D eigenvalue weighted by atomic mass is 16.4. The molecule has 5 heteroatoms. The van der Waals surface area contributed by atoms with Crippen LogP contribution < -0.4 is 5.32 Å². The van der Waals surface area contributed by atoms with Crippen molar-refractivity contribution in [3.63, 3.8) is 0 Å². The van der Waals surface area contributed by atoms with Crippen molar-refractivity contribution in [3.05, 3.63) is 0 Å². The average Bonchev–Trinajstić information content (AvgIpc) is 2.38. The number of rotatable bonds is 5. The number of carboxylic acid groups (broad SMARTS) is 1. The number of carbonyl (C=O) groups is 1. The molecular formula is C15H28N2O3. The smallest absolute Gasteiger partial charge is 0.317 e. The Bertz CT molecular complexity index is 316. The highest BCUT2D eigenvalue weighted by Gasteiger charge is 2.31. The van der Waals surface area contributed by atoms with Crippen molar-refractivity contribution in [1.29, 1.82) is 0 Å². The van der Waals surface area contributed by atoms with Crippen molar-refractivity contribution in [2.75, 3.05) is 19.6 Å². The first kappa shape index (κ1) is 15.7. The fourth-order valence-electron chi connectivity index (χ4n) is 3.63. The van der Waals surface area contributed by atoms with Crippen LogP contribution in [0.2, 0.25) is 0 Å². The van der Waals surface area contributed by atoms with Gasteiger partial charge >= 0.3 is 5.97 Å². The number of aliphatic hydroxyl groups is 1. The van der Waals surface area contributed by atoms with Gasteiger partial charge in [-0.2, -0.15) is 0 Å². The minimum absolute atomic E-state index is 0.0755. The van der Waals surface area contributed by atoms with Gasteiger partial charge in [-0.3, -0.25) is 9.69 Å². The lowest BCUT2D eigenvalue weighted by Gasteiger charge is -2.40. The van der Waals surface area contributed by atoms with Gasteiger partial charge in [-0.05, 0) is 32.1 Å². The molecule has 2 rings (SSSR count). The minimum Gasteiger partial charge on any atom is -0.480 e. The molecule has 0 aromatic carbocycles. The average molecular weight is 284 g/mol. The molecule has 0 bridgehead atoms. The normalized spacial score (nSPS) is 31.1. The second kappa shape index (κ2) is 7.38. The molecule has 3 atom stereocenters. The van der Waals surface area contributed by atoms with Gasteiger partial charge in [0.1, 0.15) is 0 Å². The Hall–Kier alpha value is -0.650. The Morgan fingerprint density at radius 2 is 1.95 bits per heavy atom.